The lowest BCUT2D eigenvalue weighted by atomic mass is 9.90. The van der Waals surface area contributed by atoms with Crippen LogP contribution in [0.3, 0.4) is 0 Å². The Labute approximate surface area is 145 Å². The zero-order chi connectivity index (χ0) is 16.5. The van der Waals surface area contributed by atoms with Crippen molar-refractivity contribution in [3.8, 4) is 0 Å². The zero-order valence-electron chi connectivity index (χ0n) is 13.5. The Morgan fingerprint density at radius 1 is 0.680 bits per heavy atom. The quantitative estimate of drug-likeness (QED) is 0.395. The Hall–Kier alpha value is -3.39. The minimum Gasteiger partial charge on any atom is -0.294 e. The number of hydrogen-bond acceptors (Lipinski definition) is 2. The van der Waals surface area contributed by atoms with Crippen LogP contribution in [-0.2, 0) is 0 Å². The second kappa shape index (κ2) is 4.37. The van der Waals surface area contributed by atoms with E-state index >= 15 is 0 Å². The average molecular weight is 318 g/mol. The van der Waals surface area contributed by atoms with E-state index in [0.29, 0.717) is 0 Å². The molecule has 0 N–H and O–H groups in total. The van der Waals surface area contributed by atoms with E-state index in [9.17, 15) is 0 Å². The lowest BCUT2D eigenvalue weighted by Crippen LogP contribution is -2.34. The topological polar surface area (TPSA) is 15.6 Å². The Kier molecular flexibility index (Phi) is 2.26. The van der Waals surface area contributed by atoms with Gasteiger partial charge in [0.1, 0.15) is 5.84 Å². The summed E-state index contributed by atoms with van der Waals surface area (Å²) in [6.45, 7) is 4.43. The summed E-state index contributed by atoms with van der Waals surface area (Å²) in [5.74, 6) is 0.973. The zero-order valence-corrected chi connectivity index (χ0v) is 13.5. The molecule has 0 aromatic heterocycles. The molecule has 2 aliphatic heterocycles. The largest absolute Gasteiger partial charge is 0.294 e. The number of amidine groups is 1. The van der Waals surface area contributed by atoms with E-state index in [0.717, 1.165) is 22.9 Å². The van der Waals surface area contributed by atoms with Crippen molar-refractivity contribution < 1.29 is 0 Å². The molecule has 0 unspecified atom stereocenters. The van der Waals surface area contributed by atoms with Crippen LogP contribution in [0.1, 0.15) is 11.1 Å². The molecule has 2 aliphatic rings. The number of hydrogen-bond donors (Lipinski definition) is 0. The molecule has 4 aromatic carbocycles. The van der Waals surface area contributed by atoms with Crippen molar-refractivity contribution >= 4 is 44.5 Å². The van der Waals surface area contributed by atoms with Gasteiger partial charge < -0.3 is 0 Å². The maximum atomic E-state index is 5.04. The number of aliphatic imine (C=N–C) groups is 1. The molecular weight excluding hydrogens is 304 g/mol. The van der Waals surface area contributed by atoms with Gasteiger partial charge in [0, 0.05) is 27.6 Å². The van der Waals surface area contributed by atoms with Crippen molar-refractivity contribution in [1.29, 1.82) is 0 Å². The van der Waals surface area contributed by atoms with E-state index in [1.807, 2.05) is 0 Å². The minimum absolute atomic E-state index is 0.973. The lowest BCUT2D eigenvalue weighted by molar-refractivity contribution is 1.30. The van der Waals surface area contributed by atoms with Gasteiger partial charge in [-0.15, -0.1) is 0 Å². The van der Waals surface area contributed by atoms with Crippen molar-refractivity contribution in [2.75, 3.05) is 4.90 Å². The number of anilines is 1. The van der Waals surface area contributed by atoms with Crippen LogP contribution < -0.4 is 4.90 Å². The predicted molar refractivity (Wildman–Crippen MR) is 106 cm³/mol. The van der Waals surface area contributed by atoms with Crippen molar-refractivity contribution in [1.82, 2.24) is 0 Å². The number of fused-ring (bicyclic) bond motifs is 3. The van der Waals surface area contributed by atoms with Crippen LogP contribution in [0.5, 0.6) is 0 Å². The molecule has 2 heteroatoms. The summed E-state index contributed by atoms with van der Waals surface area (Å²) in [4.78, 5) is 7.26. The summed E-state index contributed by atoms with van der Waals surface area (Å²) in [7, 11) is 0. The standard InChI is InChI=1S/C23H14N2/c1-14-17-10-2-6-15-7-3-11-18(21(15)17)23-24-19-12-4-8-16-9-5-13-20(22(16)19)25(14)23/h2-13H,1H2. The van der Waals surface area contributed by atoms with Crippen LogP contribution in [0, 0.1) is 0 Å². The molecule has 0 aliphatic carbocycles. The Bertz CT molecular complexity index is 1250. The molecule has 0 fully saturated rings. The summed E-state index contributed by atoms with van der Waals surface area (Å²) in [6.07, 6.45) is 0. The summed E-state index contributed by atoms with van der Waals surface area (Å²) >= 11 is 0. The summed E-state index contributed by atoms with van der Waals surface area (Å²) in [6, 6.07) is 25.6. The molecule has 0 amide bonds. The van der Waals surface area contributed by atoms with Crippen LogP contribution in [0.2, 0.25) is 0 Å². The van der Waals surface area contributed by atoms with Gasteiger partial charge in [0.2, 0.25) is 0 Å². The number of benzene rings is 4. The van der Waals surface area contributed by atoms with E-state index in [1.165, 1.54) is 32.7 Å². The highest BCUT2D eigenvalue weighted by Gasteiger charge is 2.32. The second-order valence-corrected chi connectivity index (χ2v) is 6.58. The van der Waals surface area contributed by atoms with Crippen LogP contribution in [0.15, 0.2) is 84.4 Å². The van der Waals surface area contributed by atoms with Crippen molar-refractivity contribution in [3.05, 3.63) is 90.5 Å². The molecule has 2 heterocycles. The van der Waals surface area contributed by atoms with E-state index in [4.69, 9.17) is 4.99 Å². The van der Waals surface area contributed by atoms with E-state index in [-0.39, 0.29) is 0 Å². The Morgan fingerprint density at radius 3 is 2.12 bits per heavy atom. The second-order valence-electron chi connectivity index (χ2n) is 6.58. The first-order valence-electron chi connectivity index (χ1n) is 8.45. The predicted octanol–water partition coefficient (Wildman–Crippen LogP) is 5.88. The van der Waals surface area contributed by atoms with Crippen LogP contribution >= 0.6 is 0 Å². The van der Waals surface area contributed by atoms with Gasteiger partial charge >= 0.3 is 0 Å². The summed E-state index contributed by atoms with van der Waals surface area (Å²) < 4.78 is 0. The molecule has 0 saturated carbocycles. The molecule has 25 heavy (non-hydrogen) atoms. The lowest BCUT2D eigenvalue weighted by Gasteiger charge is -2.37. The normalized spacial score (nSPS) is 14.6. The Morgan fingerprint density at radius 2 is 1.32 bits per heavy atom. The summed E-state index contributed by atoms with van der Waals surface area (Å²) in [5.41, 5.74) is 5.54. The van der Waals surface area contributed by atoms with Gasteiger partial charge in [-0.3, -0.25) is 4.90 Å². The highest BCUT2D eigenvalue weighted by atomic mass is 15.2. The monoisotopic (exact) mass is 318 g/mol. The third kappa shape index (κ3) is 1.52. The Balaban J connectivity index is 1.81. The van der Waals surface area contributed by atoms with E-state index in [2.05, 4.69) is 84.3 Å². The third-order valence-corrected chi connectivity index (χ3v) is 5.27. The third-order valence-electron chi connectivity index (χ3n) is 5.27. The van der Waals surface area contributed by atoms with Gasteiger partial charge in [0.25, 0.3) is 0 Å². The average Bonchev–Trinajstić information content (AvgIpc) is 2.66. The highest BCUT2D eigenvalue weighted by molar-refractivity contribution is 6.32. The molecule has 116 valence electrons. The minimum atomic E-state index is 0.973. The molecule has 0 radical (unpaired) electrons. The summed E-state index contributed by atoms with van der Waals surface area (Å²) in [5, 5.41) is 4.89. The van der Waals surface area contributed by atoms with Crippen LogP contribution in [-0.4, -0.2) is 5.84 Å². The van der Waals surface area contributed by atoms with Gasteiger partial charge in [-0.25, -0.2) is 4.99 Å². The van der Waals surface area contributed by atoms with Gasteiger partial charge in [-0.2, -0.15) is 0 Å². The first-order chi connectivity index (χ1) is 12.3. The molecule has 2 nitrogen and oxygen atoms in total. The molecule has 0 spiro atoms. The van der Waals surface area contributed by atoms with Gasteiger partial charge in [-0.05, 0) is 22.9 Å². The molecule has 4 aromatic rings. The maximum Gasteiger partial charge on any atom is 0.146 e. The number of nitrogens with zero attached hydrogens (tertiary/aromatic N) is 2. The smallest absolute Gasteiger partial charge is 0.146 e. The SMILES string of the molecule is C=C1c2cccc3cccc(c23)C2=Nc3cccc4cccc(c34)N12. The van der Waals surface area contributed by atoms with E-state index in [1.54, 1.807) is 0 Å². The van der Waals surface area contributed by atoms with Crippen molar-refractivity contribution in [3.63, 3.8) is 0 Å². The van der Waals surface area contributed by atoms with Gasteiger partial charge in [-0.1, -0.05) is 67.2 Å². The fraction of sp³-hybridized carbons (Fsp3) is 0. The van der Waals surface area contributed by atoms with Crippen molar-refractivity contribution in [2.24, 2.45) is 4.99 Å². The molecule has 0 saturated heterocycles. The first-order valence-corrected chi connectivity index (χ1v) is 8.45. The van der Waals surface area contributed by atoms with Crippen molar-refractivity contribution in [2.45, 2.75) is 0 Å². The van der Waals surface area contributed by atoms with Gasteiger partial charge in [0.15, 0.2) is 0 Å². The maximum absolute atomic E-state index is 5.04. The highest BCUT2D eigenvalue weighted by Crippen LogP contribution is 2.46. The molecule has 0 atom stereocenters. The fourth-order valence-electron chi connectivity index (χ4n) is 4.20. The van der Waals surface area contributed by atoms with Gasteiger partial charge in [0.05, 0.1) is 11.4 Å². The van der Waals surface area contributed by atoms with Crippen LogP contribution in [0.4, 0.5) is 11.4 Å². The van der Waals surface area contributed by atoms with Crippen LogP contribution in [0.25, 0.3) is 27.2 Å². The fourth-order valence-corrected chi connectivity index (χ4v) is 4.20. The number of rotatable bonds is 0. The molecule has 0 bridgehead atoms. The van der Waals surface area contributed by atoms with E-state index < -0.39 is 0 Å². The first kappa shape index (κ1) is 13.0. The molecular formula is C23H14N2. The molecule has 6 rings (SSSR count).